The zero-order valence-corrected chi connectivity index (χ0v) is 8.95. The lowest BCUT2D eigenvalue weighted by Crippen LogP contribution is -1.82. The van der Waals surface area contributed by atoms with Gasteiger partial charge in [-0.15, -0.1) is 23.6 Å². The van der Waals surface area contributed by atoms with Crippen molar-refractivity contribution in [2.75, 3.05) is 5.75 Å². The first-order chi connectivity index (χ1) is 6.34. The monoisotopic (exact) mass is 211 g/mol. The van der Waals surface area contributed by atoms with E-state index in [0.717, 1.165) is 22.2 Å². The van der Waals surface area contributed by atoms with E-state index in [-0.39, 0.29) is 0 Å². The van der Waals surface area contributed by atoms with Crippen LogP contribution >= 0.6 is 23.4 Å². The zero-order chi connectivity index (χ0) is 9.52. The summed E-state index contributed by atoms with van der Waals surface area (Å²) in [5.41, 5.74) is 0. The molecule has 0 saturated heterocycles. The summed E-state index contributed by atoms with van der Waals surface area (Å²) in [4.78, 5) is 4.16. The van der Waals surface area contributed by atoms with Crippen molar-refractivity contribution >= 4 is 23.4 Å². The Labute approximate surface area is 87.9 Å². The van der Waals surface area contributed by atoms with Gasteiger partial charge >= 0.3 is 0 Å². The molecule has 1 aromatic rings. The van der Waals surface area contributed by atoms with Crippen LogP contribution in [0.15, 0.2) is 23.4 Å². The predicted molar refractivity (Wildman–Crippen MR) is 58.0 cm³/mol. The van der Waals surface area contributed by atoms with E-state index >= 15 is 0 Å². The Morgan fingerprint density at radius 3 is 3.15 bits per heavy atom. The third kappa shape index (κ3) is 3.71. The van der Waals surface area contributed by atoms with Gasteiger partial charge < -0.3 is 0 Å². The zero-order valence-electron chi connectivity index (χ0n) is 7.38. The van der Waals surface area contributed by atoms with Crippen molar-refractivity contribution in [1.29, 1.82) is 0 Å². The molecule has 3 heteroatoms. The molecule has 0 fully saturated rings. The van der Waals surface area contributed by atoms with Gasteiger partial charge in [-0.05, 0) is 19.1 Å². The van der Waals surface area contributed by atoms with E-state index < -0.39 is 0 Å². The molecular weight excluding hydrogens is 202 g/mol. The standard InChI is InChI=1S/C10H10ClNS/c1-2-3-4-8-13-10-9(11)6-5-7-12-10/h5-7H,4,8H2,1H3. The van der Waals surface area contributed by atoms with Crippen LogP contribution in [0.5, 0.6) is 0 Å². The van der Waals surface area contributed by atoms with Crippen LogP contribution in [-0.4, -0.2) is 10.7 Å². The average Bonchev–Trinajstić information content (AvgIpc) is 2.15. The van der Waals surface area contributed by atoms with E-state index in [1.54, 1.807) is 18.0 Å². The second kappa shape index (κ2) is 5.90. The molecule has 0 amide bonds. The van der Waals surface area contributed by atoms with Gasteiger partial charge in [-0.2, -0.15) is 0 Å². The van der Waals surface area contributed by atoms with Crippen molar-refractivity contribution in [3.63, 3.8) is 0 Å². The maximum atomic E-state index is 5.92. The quantitative estimate of drug-likeness (QED) is 0.433. The number of rotatable bonds is 3. The number of nitrogens with zero attached hydrogens (tertiary/aromatic N) is 1. The third-order valence-electron chi connectivity index (χ3n) is 1.37. The van der Waals surface area contributed by atoms with E-state index in [0.29, 0.717) is 0 Å². The van der Waals surface area contributed by atoms with Gasteiger partial charge in [0.25, 0.3) is 0 Å². The normalized spacial score (nSPS) is 9.08. The molecule has 68 valence electrons. The molecular formula is C10H10ClNS. The largest absolute Gasteiger partial charge is 0.248 e. The van der Waals surface area contributed by atoms with E-state index in [2.05, 4.69) is 16.8 Å². The number of hydrogen-bond donors (Lipinski definition) is 0. The molecule has 0 aliphatic heterocycles. The van der Waals surface area contributed by atoms with Gasteiger partial charge in [-0.25, -0.2) is 4.98 Å². The lowest BCUT2D eigenvalue weighted by atomic mass is 10.5. The molecule has 0 N–H and O–H groups in total. The minimum absolute atomic E-state index is 0.719. The van der Waals surface area contributed by atoms with Crippen molar-refractivity contribution in [3.05, 3.63) is 23.4 Å². The Balaban J connectivity index is 2.44. The Kier molecular flexibility index (Phi) is 4.74. The molecule has 0 radical (unpaired) electrons. The van der Waals surface area contributed by atoms with Gasteiger partial charge in [0, 0.05) is 18.4 Å². The van der Waals surface area contributed by atoms with Crippen LogP contribution < -0.4 is 0 Å². The Morgan fingerprint density at radius 2 is 2.46 bits per heavy atom. The number of thioether (sulfide) groups is 1. The number of halogens is 1. The summed E-state index contributed by atoms with van der Waals surface area (Å²) in [5.74, 6) is 6.79. The third-order valence-corrected chi connectivity index (χ3v) is 2.79. The van der Waals surface area contributed by atoms with Crippen LogP contribution in [0.1, 0.15) is 13.3 Å². The molecule has 1 heterocycles. The van der Waals surface area contributed by atoms with E-state index in [1.807, 2.05) is 19.1 Å². The predicted octanol–water partition coefficient (Wildman–Crippen LogP) is 3.24. The molecule has 0 aromatic carbocycles. The topological polar surface area (TPSA) is 12.9 Å². The smallest absolute Gasteiger partial charge is 0.115 e. The van der Waals surface area contributed by atoms with Crippen molar-refractivity contribution in [2.24, 2.45) is 0 Å². The van der Waals surface area contributed by atoms with Crippen molar-refractivity contribution in [3.8, 4) is 11.8 Å². The first kappa shape index (κ1) is 10.4. The Morgan fingerprint density at radius 1 is 1.62 bits per heavy atom. The molecule has 0 atom stereocenters. The van der Waals surface area contributed by atoms with Crippen LogP contribution in [0, 0.1) is 11.8 Å². The first-order valence-electron chi connectivity index (χ1n) is 3.97. The van der Waals surface area contributed by atoms with Crippen molar-refractivity contribution < 1.29 is 0 Å². The molecule has 0 aliphatic carbocycles. The summed E-state index contributed by atoms with van der Waals surface area (Å²) in [6.07, 6.45) is 2.63. The lowest BCUT2D eigenvalue weighted by molar-refractivity contribution is 1.13. The van der Waals surface area contributed by atoms with Crippen molar-refractivity contribution in [1.82, 2.24) is 4.98 Å². The molecule has 0 bridgehead atoms. The number of pyridine rings is 1. The Bertz CT molecular complexity index is 327. The van der Waals surface area contributed by atoms with Gasteiger partial charge in [0.1, 0.15) is 5.03 Å². The first-order valence-corrected chi connectivity index (χ1v) is 5.34. The highest BCUT2D eigenvalue weighted by Gasteiger charge is 1.99. The van der Waals surface area contributed by atoms with Gasteiger partial charge in [-0.3, -0.25) is 0 Å². The maximum absolute atomic E-state index is 5.92. The van der Waals surface area contributed by atoms with Gasteiger partial charge in [-0.1, -0.05) is 11.6 Å². The minimum atomic E-state index is 0.719. The average molecular weight is 212 g/mol. The molecule has 0 spiro atoms. The summed E-state index contributed by atoms with van der Waals surface area (Å²) in [7, 11) is 0. The van der Waals surface area contributed by atoms with E-state index in [9.17, 15) is 0 Å². The van der Waals surface area contributed by atoms with E-state index in [1.165, 1.54) is 0 Å². The fraction of sp³-hybridized carbons (Fsp3) is 0.300. The summed E-state index contributed by atoms with van der Waals surface area (Å²) in [6.45, 7) is 1.85. The van der Waals surface area contributed by atoms with Crippen LogP contribution in [0.4, 0.5) is 0 Å². The maximum Gasteiger partial charge on any atom is 0.115 e. The van der Waals surface area contributed by atoms with Crippen molar-refractivity contribution in [2.45, 2.75) is 18.4 Å². The van der Waals surface area contributed by atoms with Crippen LogP contribution in [0.2, 0.25) is 5.02 Å². The lowest BCUT2D eigenvalue weighted by Gasteiger charge is -1.99. The summed E-state index contributed by atoms with van der Waals surface area (Å²) >= 11 is 7.56. The SMILES string of the molecule is CC#CCCSc1ncccc1Cl. The summed E-state index contributed by atoms with van der Waals surface area (Å²) < 4.78 is 0. The van der Waals surface area contributed by atoms with Gasteiger partial charge in [0.2, 0.25) is 0 Å². The molecule has 0 saturated carbocycles. The number of aromatic nitrogens is 1. The van der Waals surface area contributed by atoms with Crippen LogP contribution in [-0.2, 0) is 0 Å². The highest BCUT2D eigenvalue weighted by atomic mass is 35.5. The molecule has 13 heavy (non-hydrogen) atoms. The fourth-order valence-corrected chi connectivity index (χ4v) is 1.83. The Hall–Kier alpha value is -0.650. The fourth-order valence-electron chi connectivity index (χ4n) is 0.801. The second-order valence-corrected chi connectivity index (χ2v) is 3.81. The number of hydrogen-bond acceptors (Lipinski definition) is 2. The van der Waals surface area contributed by atoms with E-state index in [4.69, 9.17) is 11.6 Å². The molecule has 1 nitrogen and oxygen atoms in total. The van der Waals surface area contributed by atoms with Gasteiger partial charge in [0.05, 0.1) is 5.02 Å². The molecule has 1 aromatic heterocycles. The molecule has 0 aliphatic rings. The van der Waals surface area contributed by atoms with Gasteiger partial charge in [0.15, 0.2) is 0 Å². The summed E-state index contributed by atoms with van der Waals surface area (Å²) in [5, 5.41) is 1.61. The second-order valence-electron chi connectivity index (χ2n) is 2.32. The molecule has 0 unspecified atom stereocenters. The minimum Gasteiger partial charge on any atom is -0.248 e. The summed E-state index contributed by atoms with van der Waals surface area (Å²) in [6, 6.07) is 3.68. The highest BCUT2D eigenvalue weighted by molar-refractivity contribution is 7.99. The van der Waals surface area contributed by atoms with Crippen LogP contribution in [0.3, 0.4) is 0 Å². The highest BCUT2D eigenvalue weighted by Crippen LogP contribution is 2.24. The van der Waals surface area contributed by atoms with Crippen LogP contribution in [0.25, 0.3) is 0 Å². The molecule has 1 rings (SSSR count).